The van der Waals surface area contributed by atoms with Crippen molar-refractivity contribution < 1.29 is 14.3 Å². The second-order valence-electron chi connectivity index (χ2n) is 3.87. The first-order valence-corrected chi connectivity index (χ1v) is 4.99. The highest BCUT2D eigenvalue weighted by molar-refractivity contribution is 5.69. The Labute approximate surface area is 88.0 Å². The molecule has 5 heteroatoms. The number of carbonyl (C=O) groups is 1. The van der Waals surface area contributed by atoms with Crippen LogP contribution in [0.2, 0.25) is 0 Å². The number of nitrogens with zero attached hydrogens (tertiary/aromatic N) is 2. The normalized spacial score (nSPS) is 18.2. The van der Waals surface area contributed by atoms with Crippen molar-refractivity contribution in [2.24, 2.45) is 5.41 Å². The summed E-state index contributed by atoms with van der Waals surface area (Å²) in [4.78, 5) is 15.2. The molecule has 0 atom stereocenters. The second-order valence-corrected chi connectivity index (χ2v) is 3.87. The van der Waals surface area contributed by atoms with Crippen LogP contribution in [0.3, 0.4) is 0 Å². The fraction of sp³-hybridized carbons (Fsp3) is 0.600. The minimum absolute atomic E-state index is 0.0379. The molecule has 0 radical (unpaired) electrons. The molecule has 1 aromatic rings. The van der Waals surface area contributed by atoms with E-state index in [2.05, 4.69) is 11.9 Å². The largest absolute Gasteiger partial charge is 0.448 e. The van der Waals surface area contributed by atoms with E-state index in [0.717, 1.165) is 6.42 Å². The van der Waals surface area contributed by atoms with Gasteiger partial charge in [0, 0.05) is 12.4 Å². The average Bonchev–Trinajstić information content (AvgIpc) is 2.69. The van der Waals surface area contributed by atoms with E-state index in [9.17, 15) is 4.79 Å². The van der Waals surface area contributed by atoms with Crippen molar-refractivity contribution >= 4 is 6.09 Å². The molecule has 1 aliphatic rings. The zero-order chi connectivity index (χ0) is 10.7. The standard InChI is InChI=1S/C10H14N2O3/c1-2-10(5-14-6-10)7-15-9(13)12-4-3-11-8-12/h3-4,8H,2,5-7H2,1H3. The van der Waals surface area contributed by atoms with Gasteiger partial charge in [-0.05, 0) is 6.42 Å². The second kappa shape index (κ2) is 4.02. The topological polar surface area (TPSA) is 53.4 Å². The molecule has 5 nitrogen and oxygen atoms in total. The predicted octanol–water partition coefficient (Wildman–Crippen LogP) is 1.29. The molecule has 1 saturated heterocycles. The fourth-order valence-electron chi connectivity index (χ4n) is 1.44. The lowest BCUT2D eigenvalue weighted by atomic mass is 9.84. The van der Waals surface area contributed by atoms with Crippen LogP contribution in [0.15, 0.2) is 18.7 Å². The van der Waals surface area contributed by atoms with Gasteiger partial charge in [0.2, 0.25) is 0 Å². The molecule has 15 heavy (non-hydrogen) atoms. The van der Waals surface area contributed by atoms with Gasteiger partial charge in [-0.15, -0.1) is 0 Å². The van der Waals surface area contributed by atoms with Gasteiger partial charge in [0.25, 0.3) is 0 Å². The molecule has 0 saturated carbocycles. The van der Waals surface area contributed by atoms with E-state index in [1.165, 1.54) is 10.9 Å². The summed E-state index contributed by atoms with van der Waals surface area (Å²) in [7, 11) is 0. The van der Waals surface area contributed by atoms with Gasteiger partial charge >= 0.3 is 6.09 Å². The lowest BCUT2D eigenvalue weighted by Gasteiger charge is -2.39. The molecule has 2 heterocycles. The molecule has 1 aromatic heterocycles. The number of rotatable bonds is 3. The smallest absolute Gasteiger partial charge is 0.419 e. The van der Waals surface area contributed by atoms with Crippen molar-refractivity contribution in [1.29, 1.82) is 0 Å². The Bertz CT molecular complexity index is 325. The van der Waals surface area contributed by atoms with Gasteiger partial charge in [0.15, 0.2) is 0 Å². The van der Waals surface area contributed by atoms with Gasteiger partial charge in [-0.2, -0.15) is 0 Å². The zero-order valence-electron chi connectivity index (χ0n) is 8.68. The monoisotopic (exact) mass is 210 g/mol. The SMILES string of the molecule is CCC1(COC(=O)n2ccnc2)COC1. The Balaban J connectivity index is 1.85. The first kappa shape index (κ1) is 10.2. The Kier molecular flexibility index (Phi) is 2.73. The van der Waals surface area contributed by atoms with Crippen LogP contribution in [-0.2, 0) is 9.47 Å². The first-order chi connectivity index (χ1) is 7.26. The van der Waals surface area contributed by atoms with Gasteiger partial charge in [-0.25, -0.2) is 14.3 Å². The zero-order valence-corrected chi connectivity index (χ0v) is 8.68. The summed E-state index contributed by atoms with van der Waals surface area (Å²) < 4.78 is 11.7. The molecule has 0 bridgehead atoms. The minimum Gasteiger partial charge on any atom is -0.448 e. The highest BCUT2D eigenvalue weighted by Crippen LogP contribution is 2.31. The van der Waals surface area contributed by atoms with E-state index in [0.29, 0.717) is 19.8 Å². The van der Waals surface area contributed by atoms with Crippen molar-refractivity contribution in [2.45, 2.75) is 13.3 Å². The molecule has 0 unspecified atom stereocenters. The highest BCUT2D eigenvalue weighted by atomic mass is 16.6. The number of hydrogen-bond acceptors (Lipinski definition) is 4. The third-order valence-electron chi connectivity index (χ3n) is 2.78. The third kappa shape index (κ3) is 2.02. The molecular weight excluding hydrogens is 196 g/mol. The quantitative estimate of drug-likeness (QED) is 0.754. The lowest BCUT2D eigenvalue weighted by Crippen LogP contribution is -2.46. The maximum Gasteiger partial charge on any atom is 0.419 e. The van der Waals surface area contributed by atoms with E-state index in [4.69, 9.17) is 9.47 Å². The van der Waals surface area contributed by atoms with E-state index in [1.54, 1.807) is 12.4 Å². The van der Waals surface area contributed by atoms with Crippen LogP contribution in [0.5, 0.6) is 0 Å². The summed E-state index contributed by atoms with van der Waals surface area (Å²) >= 11 is 0. The molecule has 0 N–H and O–H groups in total. The van der Waals surface area contributed by atoms with Crippen LogP contribution >= 0.6 is 0 Å². The number of hydrogen-bond donors (Lipinski definition) is 0. The summed E-state index contributed by atoms with van der Waals surface area (Å²) in [5.41, 5.74) is 0.0379. The molecule has 1 fully saturated rings. The van der Waals surface area contributed by atoms with Crippen molar-refractivity contribution in [3.63, 3.8) is 0 Å². The summed E-state index contributed by atoms with van der Waals surface area (Å²) in [5.74, 6) is 0. The minimum atomic E-state index is -0.382. The van der Waals surface area contributed by atoms with Gasteiger partial charge in [0.05, 0.1) is 18.6 Å². The Morgan fingerprint density at radius 1 is 1.67 bits per heavy atom. The van der Waals surface area contributed by atoms with Gasteiger partial charge < -0.3 is 9.47 Å². The van der Waals surface area contributed by atoms with Gasteiger partial charge in [-0.1, -0.05) is 6.92 Å². The first-order valence-electron chi connectivity index (χ1n) is 4.99. The molecular formula is C10H14N2O3. The molecule has 0 aliphatic carbocycles. The summed E-state index contributed by atoms with van der Waals surface area (Å²) in [6, 6.07) is 0. The third-order valence-corrected chi connectivity index (χ3v) is 2.78. The number of ether oxygens (including phenoxy) is 2. The molecule has 1 aliphatic heterocycles. The molecule has 0 spiro atoms. The predicted molar refractivity (Wildman–Crippen MR) is 52.5 cm³/mol. The number of aromatic nitrogens is 2. The molecule has 82 valence electrons. The van der Waals surface area contributed by atoms with Crippen LogP contribution in [-0.4, -0.2) is 35.5 Å². The number of imidazole rings is 1. The lowest BCUT2D eigenvalue weighted by molar-refractivity contribution is -0.138. The van der Waals surface area contributed by atoms with E-state index < -0.39 is 0 Å². The Hall–Kier alpha value is -1.36. The van der Waals surface area contributed by atoms with E-state index in [1.807, 2.05) is 0 Å². The van der Waals surface area contributed by atoms with Crippen LogP contribution < -0.4 is 0 Å². The molecule has 0 amide bonds. The summed E-state index contributed by atoms with van der Waals surface area (Å²) in [6.45, 7) is 3.86. The van der Waals surface area contributed by atoms with Crippen molar-refractivity contribution in [1.82, 2.24) is 9.55 Å². The summed E-state index contributed by atoms with van der Waals surface area (Å²) in [6.07, 6.45) is 5.12. The molecule has 2 rings (SSSR count). The number of carbonyl (C=O) groups excluding carboxylic acids is 1. The van der Waals surface area contributed by atoms with Gasteiger partial charge in [-0.3, -0.25) is 0 Å². The van der Waals surface area contributed by atoms with E-state index >= 15 is 0 Å². The van der Waals surface area contributed by atoms with Crippen LogP contribution in [0.1, 0.15) is 13.3 Å². The highest BCUT2D eigenvalue weighted by Gasteiger charge is 2.38. The Morgan fingerprint density at radius 3 is 2.93 bits per heavy atom. The van der Waals surface area contributed by atoms with Gasteiger partial charge in [0.1, 0.15) is 12.9 Å². The van der Waals surface area contributed by atoms with Crippen LogP contribution in [0.4, 0.5) is 4.79 Å². The Morgan fingerprint density at radius 2 is 2.47 bits per heavy atom. The summed E-state index contributed by atoms with van der Waals surface area (Å²) in [5, 5.41) is 0. The van der Waals surface area contributed by atoms with Crippen molar-refractivity contribution in [3.8, 4) is 0 Å². The van der Waals surface area contributed by atoms with Crippen LogP contribution in [0, 0.1) is 5.41 Å². The van der Waals surface area contributed by atoms with Crippen molar-refractivity contribution in [3.05, 3.63) is 18.7 Å². The maximum atomic E-state index is 11.5. The van der Waals surface area contributed by atoms with Crippen molar-refractivity contribution in [2.75, 3.05) is 19.8 Å². The fourth-order valence-corrected chi connectivity index (χ4v) is 1.44. The molecule has 0 aromatic carbocycles. The van der Waals surface area contributed by atoms with E-state index in [-0.39, 0.29) is 11.5 Å². The van der Waals surface area contributed by atoms with Crippen LogP contribution in [0.25, 0.3) is 0 Å². The maximum absolute atomic E-state index is 11.5. The average molecular weight is 210 g/mol.